The Bertz CT molecular complexity index is 709. The molecule has 5 heteroatoms. The average molecular weight is 340 g/mol. The van der Waals surface area contributed by atoms with Crippen LogP contribution in [0.1, 0.15) is 33.3 Å². The van der Waals surface area contributed by atoms with Gasteiger partial charge in [0.2, 0.25) is 0 Å². The summed E-state index contributed by atoms with van der Waals surface area (Å²) in [4.78, 5) is 0. The van der Waals surface area contributed by atoms with E-state index in [0.29, 0.717) is 6.61 Å². The van der Waals surface area contributed by atoms with Crippen molar-refractivity contribution in [2.75, 3.05) is 7.11 Å². The minimum atomic E-state index is -0.339. The lowest BCUT2D eigenvalue weighted by molar-refractivity contribution is 0.00578. The highest BCUT2D eigenvalue weighted by molar-refractivity contribution is 6.62. The monoisotopic (exact) mass is 340 g/mol. The first-order valence-corrected chi connectivity index (χ1v) is 8.53. The molecule has 0 N–H and O–H groups in total. The summed E-state index contributed by atoms with van der Waals surface area (Å²) < 4.78 is 23.3. The first-order valence-electron chi connectivity index (χ1n) is 8.53. The van der Waals surface area contributed by atoms with Gasteiger partial charge in [-0.25, -0.2) is 0 Å². The van der Waals surface area contributed by atoms with Gasteiger partial charge >= 0.3 is 7.12 Å². The molecule has 1 aliphatic rings. The molecular formula is C20H25BO4. The quantitative estimate of drug-likeness (QED) is 0.780. The number of rotatable bonds is 5. The van der Waals surface area contributed by atoms with Crippen molar-refractivity contribution in [1.82, 2.24) is 0 Å². The summed E-state index contributed by atoms with van der Waals surface area (Å²) in [6.07, 6.45) is 0. The van der Waals surface area contributed by atoms with Gasteiger partial charge in [-0.3, -0.25) is 0 Å². The fraction of sp³-hybridized carbons (Fsp3) is 0.400. The van der Waals surface area contributed by atoms with E-state index in [1.807, 2.05) is 48.5 Å². The lowest BCUT2D eigenvalue weighted by atomic mass is 9.79. The Labute approximate surface area is 150 Å². The summed E-state index contributed by atoms with van der Waals surface area (Å²) in [5.74, 6) is 1.47. The molecule has 1 heterocycles. The summed E-state index contributed by atoms with van der Waals surface area (Å²) >= 11 is 0. The van der Waals surface area contributed by atoms with Crippen LogP contribution in [0.5, 0.6) is 11.5 Å². The van der Waals surface area contributed by atoms with Crippen LogP contribution in [0.25, 0.3) is 0 Å². The van der Waals surface area contributed by atoms with Crippen molar-refractivity contribution in [2.45, 2.75) is 45.5 Å². The summed E-state index contributed by atoms with van der Waals surface area (Å²) in [7, 11) is 1.30. The molecule has 25 heavy (non-hydrogen) atoms. The number of hydrogen-bond acceptors (Lipinski definition) is 4. The van der Waals surface area contributed by atoms with E-state index in [2.05, 4.69) is 27.7 Å². The van der Waals surface area contributed by atoms with E-state index in [4.69, 9.17) is 18.8 Å². The van der Waals surface area contributed by atoms with Crippen LogP contribution in [0.3, 0.4) is 0 Å². The van der Waals surface area contributed by atoms with Crippen molar-refractivity contribution in [3.05, 3.63) is 54.1 Å². The van der Waals surface area contributed by atoms with Gasteiger partial charge in [-0.2, -0.15) is 0 Å². The van der Waals surface area contributed by atoms with Crippen molar-refractivity contribution >= 4 is 12.6 Å². The number of benzene rings is 2. The Morgan fingerprint density at radius 2 is 1.40 bits per heavy atom. The minimum absolute atomic E-state index is 0.330. The number of hydrogen-bond donors (Lipinski definition) is 0. The van der Waals surface area contributed by atoms with E-state index < -0.39 is 0 Å². The Hall–Kier alpha value is -1.98. The SMILES string of the molecule is COc1ccccc1OCc1ccc(B2OC(C)(C)C(C)(C)O2)cc1. The molecule has 0 aliphatic carbocycles. The van der Waals surface area contributed by atoms with Crippen LogP contribution in [-0.2, 0) is 15.9 Å². The highest BCUT2D eigenvalue weighted by atomic mass is 16.7. The van der Waals surface area contributed by atoms with Crippen LogP contribution in [0.4, 0.5) is 0 Å². The summed E-state index contributed by atoms with van der Waals surface area (Å²) in [5, 5.41) is 0. The van der Waals surface area contributed by atoms with E-state index in [0.717, 1.165) is 22.5 Å². The Morgan fingerprint density at radius 1 is 0.840 bits per heavy atom. The van der Waals surface area contributed by atoms with Gasteiger partial charge in [0.25, 0.3) is 0 Å². The zero-order chi connectivity index (χ0) is 18.1. The molecule has 0 aromatic heterocycles. The van der Waals surface area contributed by atoms with Crippen molar-refractivity contribution in [3.63, 3.8) is 0 Å². The van der Waals surface area contributed by atoms with Crippen LogP contribution in [0, 0.1) is 0 Å². The zero-order valence-electron chi connectivity index (χ0n) is 15.5. The molecule has 0 radical (unpaired) electrons. The van der Waals surface area contributed by atoms with Gasteiger partial charge in [-0.1, -0.05) is 36.4 Å². The first kappa shape index (κ1) is 17.8. The fourth-order valence-electron chi connectivity index (χ4n) is 2.65. The molecule has 2 aromatic rings. The maximum Gasteiger partial charge on any atom is 0.494 e. The van der Waals surface area contributed by atoms with Crippen LogP contribution in [0.2, 0.25) is 0 Å². The maximum atomic E-state index is 6.08. The largest absolute Gasteiger partial charge is 0.494 e. The van der Waals surface area contributed by atoms with Crippen molar-refractivity contribution in [3.8, 4) is 11.5 Å². The molecule has 0 spiro atoms. The Kier molecular flexibility index (Phi) is 4.80. The highest BCUT2D eigenvalue weighted by Crippen LogP contribution is 2.36. The molecular weight excluding hydrogens is 315 g/mol. The van der Waals surface area contributed by atoms with Gasteiger partial charge in [-0.15, -0.1) is 0 Å². The lowest BCUT2D eigenvalue weighted by Crippen LogP contribution is -2.41. The number of para-hydroxylation sites is 2. The Morgan fingerprint density at radius 3 is 1.96 bits per heavy atom. The highest BCUT2D eigenvalue weighted by Gasteiger charge is 2.51. The standard InChI is InChI=1S/C20H25BO4/c1-19(2)20(3,4)25-21(24-19)16-12-10-15(11-13-16)14-23-18-9-7-6-8-17(18)22-5/h6-13H,14H2,1-5H3. The average Bonchev–Trinajstić information content (AvgIpc) is 2.81. The topological polar surface area (TPSA) is 36.9 Å². The minimum Gasteiger partial charge on any atom is -0.493 e. The second-order valence-electron chi connectivity index (χ2n) is 7.27. The number of ether oxygens (including phenoxy) is 2. The molecule has 0 unspecified atom stereocenters. The second-order valence-corrected chi connectivity index (χ2v) is 7.27. The molecule has 4 nitrogen and oxygen atoms in total. The summed E-state index contributed by atoms with van der Waals surface area (Å²) in [6.45, 7) is 8.71. The maximum absolute atomic E-state index is 6.08. The molecule has 0 bridgehead atoms. The molecule has 1 fully saturated rings. The van der Waals surface area contributed by atoms with Gasteiger partial charge in [0.05, 0.1) is 18.3 Å². The third-order valence-electron chi connectivity index (χ3n) is 4.97. The fourth-order valence-corrected chi connectivity index (χ4v) is 2.65. The van der Waals surface area contributed by atoms with E-state index in [9.17, 15) is 0 Å². The van der Waals surface area contributed by atoms with Gasteiger partial charge < -0.3 is 18.8 Å². The first-order chi connectivity index (χ1) is 11.8. The molecule has 1 aliphatic heterocycles. The van der Waals surface area contributed by atoms with Gasteiger partial charge in [0.15, 0.2) is 11.5 Å². The van der Waals surface area contributed by atoms with Crippen LogP contribution < -0.4 is 14.9 Å². The normalized spacial score (nSPS) is 18.2. The predicted molar refractivity (Wildman–Crippen MR) is 99.5 cm³/mol. The molecule has 3 rings (SSSR count). The molecule has 2 aromatic carbocycles. The van der Waals surface area contributed by atoms with E-state index in [1.165, 1.54) is 0 Å². The van der Waals surface area contributed by atoms with Crippen molar-refractivity contribution in [2.24, 2.45) is 0 Å². The second kappa shape index (κ2) is 6.73. The van der Waals surface area contributed by atoms with E-state index in [-0.39, 0.29) is 18.3 Å². The third-order valence-corrected chi connectivity index (χ3v) is 4.97. The predicted octanol–water partition coefficient (Wildman–Crippen LogP) is 3.57. The Balaban J connectivity index is 1.65. The molecule has 0 saturated carbocycles. The molecule has 1 saturated heterocycles. The van der Waals surface area contributed by atoms with E-state index in [1.54, 1.807) is 7.11 Å². The van der Waals surface area contributed by atoms with Crippen LogP contribution >= 0.6 is 0 Å². The molecule has 0 amide bonds. The lowest BCUT2D eigenvalue weighted by Gasteiger charge is -2.32. The van der Waals surface area contributed by atoms with Gasteiger partial charge in [0.1, 0.15) is 6.61 Å². The van der Waals surface area contributed by atoms with E-state index >= 15 is 0 Å². The molecule has 132 valence electrons. The zero-order valence-corrected chi connectivity index (χ0v) is 15.5. The van der Waals surface area contributed by atoms with Gasteiger partial charge in [-0.05, 0) is 50.9 Å². The van der Waals surface area contributed by atoms with Crippen molar-refractivity contribution in [1.29, 1.82) is 0 Å². The van der Waals surface area contributed by atoms with Crippen LogP contribution in [-0.4, -0.2) is 25.4 Å². The number of methoxy groups -OCH3 is 1. The van der Waals surface area contributed by atoms with Gasteiger partial charge in [0, 0.05) is 0 Å². The van der Waals surface area contributed by atoms with Crippen LogP contribution in [0.15, 0.2) is 48.5 Å². The summed E-state index contributed by atoms with van der Waals surface area (Å²) in [5.41, 5.74) is 1.43. The molecule has 0 atom stereocenters. The summed E-state index contributed by atoms with van der Waals surface area (Å²) in [6, 6.07) is 15.8. The third kappa shape index (κ3) is 3.67. The van der Waals surface area contributed by atoms with Crippen molar-refractivity contribution < 1.29 is 18.8 Å². The smallest absolute Gasteiger partial charge is 0.493 e.